The van der Waals surface area contributed by atoms with Gasteiger partial charge in [0.1, 0.15) is 0 Å². The summed E-state index contributed by atoms with van der Waals surface area (Å²) < 4.78 is 0. The van der Waals surface area contributed by atoms with Crippen molar-refractivity contribution in [3.05, 3.63) is 29.3 Å². The summed E-state index contributed by atoms with van der Waals surface area (Å²) in [5.41, 5.74) is 4.24. The van der Waals surface area contributed by atoms with Crippen molar-refractivity contribution in [3.8, 4) is 0 Å². The molecular weight excluding hydrogens is 234 g/mol. The van der Waals surface area contributed by atoms with Gasteiger partial charge in [-0.3, -0.25) is 4.90 Å². The summed E-state index contributed by atoms with van der Waals surface area (Å²) in [6.45, 7) is 12.4. The molecule has 0 amide bonds. The van der Waals surface area contributed by atoms with Crippen LogP contribution in [0.5, 0.6) is 0 Å². The molecule has 0 radical (unpaired) electrons. The second-order valence-electron chi connectivity index (χ2n) is 5.65. The van der Waals surface area contributed by atoms with Crippen molar-refractivity contribution in [2.45, 2.75) is 26.8 Å². The third-order valence-corrected chi connectivity index (χ3v) is 4.33. The van der Waals surface area contributed by atoms with Gasteiger partial charge in [0.15, 0.2) is 0 Å². The maximum atomic E-state index is 3.24. The van der Waals surface area contributed by atoms with Crippen LogP contribution in [0.1, 0.15) is 18.1 Å². The lowest BCUT2D eigenvalue weighted by Gasteiger charge is -2.41. The summed E-state index contributed by atoms with van der Waals surface area (Å²) in [4.78, 5) is 5.13. The van der Waals surface area contributed by atoms with Crippen molar-refractivity contribution in [3.63, 3.8) is 0 Å². The molecule has 1 heterocycles. The largest absolute Gasteiger partial charge is 0.368 e. The van der Waals surface area contributed by atoms with Gasteiger partial charge in [0.25, 0.3) is 0 Å². The van der Waals surface area contributed by atoms with Gasteiger partial charge < -0.3 is 10.2 Å². The van der Waals surface area contributed by atoms with Crippen LogP contribution in [0.4, 0.5) is 5.69 Å². The Morgan fingerprint density at radius 3 is 2.74 bits per heavy atom. The minimum absolute atomic E-state index is 0.627. The predicted molar refractivity (Wildman–Crippen MR) is 83.1 cm³/mol. The Kier molecular flexibility index (Phi) is 4.83. The van der Waals surface area contributed by atoms with E-state index in [-0.39, 0.29) is 0 Å². The highest BCUT2D eigenvalue weighted by Crippen LogP contribution is 2.25. The summed E-state index contributed by atoms with van der Waals surface area (Å²) in [5.74, 6) is 0. The van der Waals surface area contributed by atoms with Crippen LogP contribution in [0.15, 0.2) is 18.2 Å². The Hall–Kier alpha value is -1.06. The Labute approximate surface area is 117 Å². The lowest BCUT2D eigenvalue weighted by Crippen LogP contribution is -2.53. The number of piperazine rings is 1. The number of aryl methyl sites for hydroxylation is 1. The van der Waals surface area contributed by atoms with E-state index in [2.05, 4.69) is 54.1 Å². The zero-order valence-electron chi connectivity index (χ0n) is 12.7. The molecule has 1 aromatic rings. The van der Waals surface area contributed by atoms with E-state index in [4.69, 9.17) is 0 Å². The average Bonchev–Trinajstić information content (AvgIpc) is 2.40. The molecule has 0 saturated carbocycles. The molecule has 106 valence electrons. The molecule has 1 fully saturated rings. The third kappa shape index (κ3) is 3.28. The highest BCUT2D eigenvalue weighted by Gasteiger charge is 2.24. The first-order valence-corrected chi connectivity index (χ1v) is 7.33. The Bertz CT molecular complexity index is 416. The average molecular weight is 261 g/mol. The monoisotopic (exact) mass is 261 g/mol. The predicted octanol–water partition coefficient (Wildman–Crippen LogP) is 2.03. The molecule has 0 bridgehead atoms. The number of likely N-dealkylation sites (N-methyl/N-ethyl adjacent to an activating group) is 1. The van der Waals surface area contributed by atoms with Crippen LogP contribution in [0, 0.1) is 13.8 Å². The minimum Gasteiger partial charge on any atom is -0.368 e. The van der Waals surface area contributed by atoms with Gasteiger partial charge in [0.05, 0.1) is 0 Å². The first-order chi connectivity index (χ1) is 9.13. The number of nitrogens with one attached hydrogen (secondary N) is 1. The summed E-state index contributed by atoms with van der Waals surface area (Å²) >= 11 is 0. The number of nitrogens with zero attached hydrogens (tertiary/aromatic N) is 2. The van der Waals surface area contributed by atoms with Crippen LogP contribution in [0.25, 0.3) is 0 Å². The maximum Gasteiger partial charge on any atom is 0.0399 e. The first kappa shape index (κ1) is 14.4. The van der Waals surface area contributed by atoms with Crippen molar-refractivity contribution >= 4 is 5.69 Å². The van der Waals surface area contributed by atoms with Gasteiger partial charge in [0, 0.05) is 44.5 Å². The van der Waals surface area contributed by atoms with Crippen molar-refractivity contribution < 1.29 is 0 Å². The van der Waals surface area contributed by atoms with Crippen molar-refractivity contribution in [1.82, 2.24) is 10.2 Å². The van der Waals surface area contributed by atoms with E-state index in [0.29, 0.717) is 6.04 Å². The molecule has 1 saturated heterocycles. The Morgan fingerprint density at radius 2 is 2.05 bits per heavy atom. The van der Waals surface area contributed by atoms with Gasteiger partial charge in [-0.15, -0.1) is 0 Å². The van der Waals surface area contributed by atoms with Gasteiger partial charge in [-0.2, -0.15) is 0 Å². The molecular formula is C16H27N3. The molecule has 2 rings (SSSR count). The molecule has 1 aliphatic heterocycles. The van der Waals surface area contributed by atoms with E-state index < -0.39 is 0 Å². The molecule has 3 heteroatoms. The molecule has 1 aliphatic rings. The van der Waals surface area contributed by atoms with Gasteiger partial charge in [0.2, 0.25) is 0 Å². The smallest absolute Gasteiger partial charge is 0.0399 e. The second-order valence-corrected chi connectivity index (χ2v) is 5.65. The van der Waals surface area contributed by atoms with Gasteiger partial charge in [-0.05, 0) is 45.0 Å². The fourth-order valence-electron chi connectivity index (χ4n) is 2.88. The van der Waals surface area contributed by atoms with Crippen molar-refractivity contribution in [2.24, 2.45) is 0 Å². The number of benzene rings is 1. The van der Waals surface area contributed by atoms with Crippen LogP contribution in [0.2, 0.25) is 0 Å². The fourth-order valence-corrected chi connectivity index (χ4v) is 2.88. The fraction of sp³-hybridized carbons (Fsp3) is 0.625. The Morgan fingerprint density at radius 1 is 1.26 bits per heavy atom. The minimum atomic E-state index is 0.627. The third-order valence-electron chi connectivity index (χ3n) is 4.33. The lowest BCUT2D eigenvalue weighted by atomic mass is 10.1. The maximum absolute atomic E-state index is 3.24. The van der Waals surface area contributed by atoms with Crippen molar-refractivity contribution in [2.75, 3.05) is 44.7 Å². The summed E-state index contributed by atoms with van der Waals surface area (Å²) in [6.07, 6.45) is 0. The molecule has 3 nitrogen and oxygen atoms in total. The van der Waals surface area contributed by atoms with Crippen LogP contribution in [0.3, 0.4) is 0 Å². The van der Waals surface area contributed by atoms with E-state index in [0.717, 1.165) is 32.7 Å². The van der Waals surface area contributed by atoms with Crippen LogP contribution < -0.4 is 10.2 Å². The Balaban J connectivity index is 2.03. The topological polar surface area (TPSA) is 18.5 Å². The normalized spacial score (nSPS) is 20.8. The van der Waals surface area contributed by atoms with E-state index in [1.54, 1.807) is 0 Å². The standard InChI is InChI=1S/C16H27N3/c1-13-6-5-7-16(15(13)3)19-11-10-18(9-8-17-4)14(2)12-19/h5-7,14,17H,8-12H2,1-4H3. The first-order valence-electron chi connectivity index (χ1n) is 7.33. The van der Waals surface area contributed by atoms with E-state index in [1.807, 2.05) is 7.05 Å². The zero-order chi connectivity index (χ0) is 13.8. The van der Waals surface area contributed by atoms with E-state index in [9.17, 15) is 0 Å². The SMILES string of the molecule is CNCCN1CCN(c2cccc(C)c2C)CC1C. The quantitative estimate of drug-likeness (QED) is 0.895. The number of anilines is 1. The molecule has 0 aliphatic carbocycles. The van der Waals surface area contributed by atoms with E-state index >= 15 is 0 Å². The van der Waals surface area contributed by atoms with Crippen LogP contribution in [-0.4, -0.2) is 50.7 Å². The van der Waals surface area contributed by atoms with E-state index in [1.165, 1.54) is 16.8 Å². The molecule has 1 unspecified atom stereocenters. The molecule has 0 spiro atoms. The highest BCUT2D eigenvalue weighted by atomic mass is 15.3. The number of rotatable bonds is 4. The molecule has 1 atom stereocenters. The summed E-state index contributed by atoms with van der Waals surface area (Å²) in [7, 11) is 2.02. The number of hydrogen-bond donors (Lipinski definition) is 1. The van der Waals surface area contributed by atoms with Crippen LogP contribution in [-0.2, 0) is 0 Å². The molecule has 0 aromatic heterocycles. The molecule has 1 N–H and O–H groups in total. The van der Waals surface area contributed by atoms with Gasteiger partial charge in [-0.1, -0.05) is 12.1 Å². The molecule has 1 aromatic carbocycles. The summed E-state index contributed by atoms with van der Waals surface area (Å²) in [6, 6.07) is 7.27. The summed E-state index contributed by atoms with van der Waals surface area (Å²) in [5, 5.41) is 3.24. The number of hydrogen-bond acceptors (Lipinski definition) is 3. The second kappa shape index (κ2) is 6.40. The highest BCUT2D eigenvalue weighted by molar-refractivity contribution is 5.56. The lowest BCUT2D eigenvalue weighted by molar-refractivity contribution is 0.191. The van der Waals surface area contributed by atoms with Crippen molar-refractivity contribution in [1.29, 1.82) is 0 Å². The zero-order valence-corrected chi connectivity index (χ0v) is 12.7. The van der Waals surface area contributed by atoms with Gasteiger partial charge >= 0.3 is 0 Å². The van der Waals surface area contributed by atoms with Gasteiger partial charge in [-0.25, -0.2) is 0 Å². The molecule has 19 heavy (non-hydrogen) atoms. The van der Waals surface area contributed by atoms with Crippen LogP contribution >= 0.6 is 0 Å².